The zero-order valence-electron chi connectivity index (χ0n) is 10.1. The molecule has 0 amide bonds. The molecule has 0 spiro atoms. The molecule has 84 valence electrons. The summed E-state index contributed by atoms with van der Waals surface area (Å²) in [6.07, 6.45) is 1.72. The second kappa shape index (κ2) is 4.12. The summed E-state index contributed by atoms with van der Waals surface area (Å²) in [4.78, 5) is 12.2. The van der Waals surface area contributed by atoms with Gasteiger partial charge in [-0.1, -0.05) is 32.0 Å². The van der Waals surface area contributed by atoms with Gasteiger partial charge in [0.2, 0.25) is 0 Å². The van der Waals surface area contributed by atoms with Crippen LogP contribution in [-0.4, -0.2) is 4.57 Å². The van der Waals surface area contributed by atoms with Gasteiger partial charge in [-0.15, -0.1) is 0 Å². The lowest BCUT2D eigenvalue weighted by Gasteiger charge is -2.13. The smallest absolute Gasteiger partial charge is 0.254 e. The van der Waals surface area contributed by atoms with Crippen molar-refractivity contribution in [3.8, 4) is 0 Å². The van der Waals surface area contributed by atoms with Gasteiger partial charge in [-0.2, -0.15) is 0 Å². The minimum Gasteiger partial charge on any atom is -0.311 e. The molecule has 1 aromatic heterocycles. The summed E-state index contributed by atoms with van der Waals surface area (Å²) in [5, 5.41) is 1.21. The lowest BCUT2D eigenvalue weighted by molar-refractivity contribution is 0.861. The van der Waals surface area contributed by atoms with Crippen molar-refractivity contribution in [3.63, 3.8) is 0 Å². The third kappa shape index (κ3) is 1.45. The third-order valence-electron chi connectivity index (χ3n) is 3.22. The van der Waals surface area contributed by atoms with E-state index in [1.165, 1.54) is 10.9 Å². The normalized spacial score (nSPS) is 10.9. The molecule has 0 bridgehead atoms. The molecule has 0 radical (unpaired) electrons. The summed E-state index contributed by atoms with van der Waals surface area (Å²) < 4.78 is 1.76. The van der Waals surface area contributed by atoms with Gasteiger partial charge in [-0.25, -0.2) is 0 Å². The predicted octanol–water partition coefficient (Wildman–Crippen LogP) is 2.66. The van der Waals surface area contributed by atoms with E-state index < -0.39 is 0 Å². The Morgan fingerprint density at radius 2 is 1.69 bits per heavy atom. The predicted molar refractivity (Wildman–Crippen MR) is 67.9 cm³/mol. The second-order valence-corrected chi connectivity index (χ2v) is 4.05. The zero-order valence-corrected chi connectivity index (χ0v) is 10.1. The zero-order chi connectivity index (χ0) is 11.7. The Morgan fingerprint density at radius 3 is 2.31 bits per heavy atom. The Labute approximate surface area is 95.5 Å². The number of fused-ring (bicyclic) bond motifs is 1. The molecule has 0 fully saturated rings. The van der Waals surface area contributed by atoms with Gasteiger partial charge in [-0.05, 0) is 24.5 Å². The molecule has 2 nitrogen and oxygen atoms in total. The molecule has 0 N–H and O–H groups in total. The first-order valence-corrected chi connectivity index (χ1v) is 5.80. The number of benzene rings is 1. The van der Waals surface area contributed by atoms with Crippen LogP contribution in [0.4, 0.5) is 0 Å². The van der Waals surface area contributed by atoms with Crippen molar-refractivity contribution < 1.29 is 0 Å². The largest absolute Gasteiger partial charge is 0.311 e. The van der Waals surface area contributed by atoms with E-state index in [1.54, 1.807) is 4.57 Å². The first-order chi connectivity index (χ1) is 7.70. The van der Waals surface area contributed by atoms with Gasteiger partial charge < -0.3 is 4.57 Å². The van der Waals surface area contributed by atoms with E-state index in [1.807, 2.05) is 32.2 Å². The maximum atomic E-state index is 12.2. The van der Waals surface area contributed by atoms with Crippen LogP contribution in [0.3, 0.4) is 0 Å². The van der Waals surface area contributed by atoms with Gasteiger partial charge in [0, 0.05) is 18.0 Å². The van der Waals surface area contributed by atoms with Crippen LogP contribution in [0.2, 0.25) is 0 Å². The van der Waals surface area contributed by atoms with Gasteiger partial charge >= 0.3 is 0 Å². The number of nitrogens with zero attached hydrogens (tertiary/aromatic N) is 1. The van der Waals surface area contributed by atoms with Gasteiger partial charge in [0.05, 0.1) is 5.52 Å². The maximum Gasteiger partial charge on any atom is 0.254 e. The van der Waals surface area contributed by atoms with Crippen LogP contribution in [0.5, 0.6) is 0 Å². The summed E-state index contributed by atoms with van der Waals surface area (Å²) in [6, 6.07) is 8.13. The molecular formula is C14H17NO. The SMILES string of the molecule is CCc1c(CC)c2ccccc2n(C)c1=O. The van der Waals surface area contributed by atoms with Crippen molar-refractivity contribution in [2.75, 3.05) is 0 Å². The molecular weight excluding hydrogens is 198 g/mol. The maximum absolute atomic E-state index is 12.2. The molecule has 0 saturated heterocycles. The molecule has 0 saturated carbocycles. The fourth-order valence-corrected chi connectivity index (χ4v) is 2.39. The van der Waals surface area contributed by atoms with Crippen LogP contribution in [0.15, 0.2) is 29.1 Å². The lowest BCUT2D eigenvalue weighted by atomic mass is 9.99. The van der Waals surface area contributed by atoms with Crippen LogP contribution < -0.4 is 5.56 Å². The number of aromatic nitrogens is 1. The highest BCUT2D eigenvalue weighted by Gasteiger charge is 2.11. The summed E-state index contributed by atoms with van der Waals surface area (Å²) in [5.74, 6) is 0. The van der Waals surface area contributed by atoms with Gasteiger partial charge in [-0.3, -0.25) is 4.79 Å². The minimum atomic E-state index is 0.151. The first-order valence-electron chi connectivity index (χ1n) is 5.80. The fourth-order valence-electron chi connectivity index (χ4n) is 2.39. The number of hydrogen-bond donors (Lipinski definition) is 0. The van der Waals surface area contributed by atoms with Crippen molar-refractivity contribution >= 4 is 10.9 Å². The Kier molecular flexibility index (Phi) is 2.82. The van der Waals surface area contributed by atoms with E-state index in [9.17, 15) is 4.79 Å². The minimum absolute atomic E-state index is 0.151. The summed E-state index contributed by atoms with van der Waals surface area (Å²) in [6.45, 7) is 4.16. The molecule has 1 aromatic carbocycles. The Hall–Kier alpha value is -1.57. The second-order valence-electron chi connectivity index (χ2n) is 4.05. The fraction of sp³-hybridized carbons (Fsp3) is 0.357. The van der Waals surface area contributed by atoms with E-state index in [0.29, 0.717) is 0 Å². The van der Waals surface area contributed by atoms with Crippen molar-refractivity contribution in [1.29, 1.82) is 0 Å². The van der Waals surface area contributed by atoms with Gasteiger partial charge in [0.25, 0.3) is 5.56 Å². The lowest BCUT2D eigenvalue weighted by Crippen LogP contribution is -2.23. The highest BCUT2D eigenvalue weighted by atomic mass is 16.1. The van der Waals surface area contributed by atoms with Crippen molar-refractivity contribution in [1.82, 2.24) is 4.57 Å². The third-order valence-corrected chi connectivity index (χ3v) is 3.22. The van der Waals surface area contributed by atoms with Crippen molar-refractivity contribution in [2.24, 2.45) is 7.05 Å². The number of aryl methyl sites for hydroxylation is 2. The van der Waals surface area contributed by atoms with Crippen LogP contribution in [-0.2, 0) is 19.9 Å². The summed E-state index contributed by atoms with van der Waals surface area (Å²) >= 11 is 0. The van der Waals surface area contributed by atoms with Crippen molar-refractivity contribution in [3.05, 3.63) is 45.7 Å². The molecule has 0 atom stereocenters. The molecule has 0 aliphatic carbocycles. The summed E-state index contributed by atoms with van der Waals surface area (Å²) in [7, 11) is 1.85. The number of para-hydroxylation sites is 1. The van der Waals surface area contributed by atoms with Gasteiger partial charge in [0.1, 0.15) is 0 Å². The first kappa shape index (κ1) is 10.9. The average molecular weight is 215 g/mol. The Morgan fingerprint density at radius 1 is 1.06 bits per heavy atom. The van der Waals surface area contributed by atoms with Crippen LogP contribution in [0.1, 0.15) is 25.0 Å². The topological polar surface area (TPSA) is 22.0 Å². The number of hydrogen-bond acceptors (Lipinski definition) is 1. The van der Waals surface area contributed by atoms with E-state index >= 15 is 0 Å². The van der Waals surface area contributed by atoms with Crippen LogP contribution in [0.25, 0.3) is 10.9 Å². The number of pyridine rings is 1. The molecule has 1 heterocycles. The highest BCUT2D eigenvalue weighted by molar-refractivity contribution is 5.83. The highest BCUT2D eigenvalue weighted by Crippen LogP contribution is 2.20. The van der Waals surface area contributed by atoms with E-state index in [2.05, 4.69) is 13.0 Å². The monoisotopic (exact) mass is 215 g/mol. The average Bonchev–Trinajstić information content (AvgIpc) is 2.33. The van der Waals surface area contributed by atoms with Crippen LogP contribution in [0, 0.1) is 0 Å². The standard InChI is InChI=1S/C14H17NO/c1-4-10-11(5-2)14(16)15(3)13-9-7-6-8-12(10)13/h6-9H,4-5H2,1-3H3. The Bertz CT molecular complexity index is 581. The Balaban J connectivity index is 3.01. The molecule has 2 heteroatoms. The molecule has 2 aromatic rings. The quantitative estimate of drug-likeness (QED) is 0.755. The molecule has 0 aliphatic heterocycles. The molecule has 0 aliphatic rings. The van der Waals surface area contributed by atoms with E-state index in [0.717, 1.165) is 23.9 Å². The van der Waals surface area contributed by atoms with E-state index in [4.69, 9.17) is 0 Å². The van der Waals surface area contributed by atoms with Crippen LogP contribution >= 0.6 is 0 Å². The van der Waals surface area contributed by atoms with E-state index in [-0.39, 0.29) is 5.56 Å². The number of rotatable bonds is 2. The molecule has 2 rings (SSSR count). The van der Waals surface area contributed by atoms with Gasteiger partial charge in [0.15, 0.2) is 0 Å². The molecule has 0 unspecified atom stereocenters. The summed E-state index contributed by atoms with van der Waals surface area (Å²) in [5.41, 5.74) is 3.35. The molecule has 16 heavy (non-hydrogen) atoms. The van der Waals surface area contributed by atoms with Crippen molar-refractivity contribution in [2.45, 2.75) is 26.7 Å².